The van der Waals surface area contributed by atoms with Crippen molar-refractivity contribution < 1.29 is 9.47 Å². The maximum absolute atomic E-state index is 5.69. The summed E-state index contributed by atoms with van der Waals surface area (Å²) in [6, 6.07) is 2.01. The molecule has 0 saturated carbocycles. The Kier molecular flexibility index (Phi) is 4.37. The van der Waals surface area contributed by atoms with Crippen molar-refractivity contribution in [1.29, 1.82) is 0 Å². The number of hydrogen-bond acceptors (Lipinski definition) is 5. The molecule has 0 spiro atoms. The van der Waals surface area contributed by atoms with Crippen molar-refractivity contribution in [2.45, 2.75) is 39.2 Å². The van der Waals surface area contributed by atoms with Gasteiger partial charge in [-0.2, -0.15) is 0 Å². The van der Waals surface area contributed by atoms with E-state index in [9.17, 15) is 0 Å². The van der Waals surface area contributed by atoms with Crippen LogP contribution < -0.4 is 5.32 Å². The average Bonchev–Trinajstić information content (AvgIpc) is 2.39. The lowest BCUT2D eigenvalue weighted by Crippen LogP contribution is -2.25. The van der Waals surface area contributed by atoms with E-state index in [2.05, 4.69) is 43.0 Å². The first-order chi connectivity index (χ1) is 9.00. The quantitative estimate of drug-likeness (QED) is 0.908. The Morgan fingerprint density at radius 2 is 2.11 bits per heavy atom. The Labute approximate surface area is 114 Å². The van der Waals surface area contributed by atoms with E-state index in [0.717, 1.165) is 18.1 Å². The standard InChI is InChI=1S/C14H23N3O2/c1-5-15-12-8-11(14(2,3)4)16-13(17-12)10-9-18-6-7-19-10/h8,10H,5-7,9H2,1-4H3,(H,15,16,17). The van der Waals surface area contributed by atoms with Crippen LogP contribution in [0.1, 0.15) is 45.3 Å². The third-order valence-electron chi connectivity index (χ3n) is 2.97. The van der Waals surface area contributed by atoms with Crippen LogP contribution in [0.4, 0.5) is 5.82 Å². The molecule has 5 nitrogen and oxygen atoms in total. The van der Waals surface area contributed by atoms with Gasteiger partial charge in [-0.05, 0) is 6.92 Å². The zero-order valence-electron chi connectivity index (χ0n) is 12.2. The number of hydrogen-bond donors (Lipinski definition) is 1. The second-order valence-corrected chi connectivity index (χ2v) is 5.71. The number of nitrogens with zero attached hydrogens (tertiary/aromatic N) is 2. The minimum Gasteiger partial charge on any atom is -0.376 e. The van der Waals surface area contributed by atoms with Crippen LogP contribution >= 0.6 is 0 Å². The summed E-state index contributed by atoms with van der Waals surface area (Å²) < 4.78 is 11.1. The van der Waals surface area contributed by atoms with Crippen LogP contribution in [0.3, 0.4) is 0 Å². The van der Waals surface area contributed by atoms with Gasteiger partial charge < -0.3 is 14.8 Å². The van der Waals surface area contributed by atoms with E-state index in [4.69, 9.17) is 9.47 Å². The molecule has 19 heavy (non-hydrogen) atoms. The number of anilines is 1. The smallest absolute Gasteiger partial charge is 0.162 e. The predicted octanol–water partition coefficient (Wildman–Crippen LogP) is 2.29. The highest BCUT2D eigenvalue weighted by atomic mass is 16.6. The number of nitrogens with one attached hydrogen (secondary N) is 1. The van der Waals surface area contributed by atoms with Crippen LogP contribution in [0.15, 0.2) is 6.07 Å². The molecule has 2 heterocycles. The summed E-state index contributed by atoms with van der Waals surface area (Å²) in [5.41, 5.74) is 1.000. The summed E-state index contributed by atoms with van der Waals surface area (Å²) in [6.45, 7) is 11.1. The van der Waals surface area contributed by atoms with Gasteiger partial charge in [0, 0.05) is 18.0 Å². The molecule has 1 unspecified atom stereocenters. The highest BCUT2D eigenvalue weighted by Gasteiger charge is 2.24. The molecule has 1 aliphatic heterocycles. The minimum atomic E-state index is -0.159. The van der Waals surface area contributed by atoms with Crippen LogP contribution in [-0.4, -0.2) is 36.3 Å². The zero-order chi connectivity index (χ0) is 13.9. The lowest BCUT2D eigenvalue weighted by Gasteiger charge is -2.25. The summed E-state index contributed by atoms with van der Waals surface area (Å²) in [5, 5.41) is 3.25. The van der Waals surface area contributed by atoms with Crippen molar-refractivity contribution in [2.75, 3.05) is 31.7 Å². The van der Waals surface area contributed by atoms with E-state index in [1.807, 2.05) is 6.07 Å². The fourth-order valence-electron chi connectivity index (χ4n) is 1.90. The Morgan fingerprint density at radius 1 is 1.32 bits per heavy atom. The Hall–Kier alpha value is -1.20. The largest absolute Gasteiger partial charge is 0.376 e. The molecule has 1 aromatic rings. The van der Waals surface area contributed by atoms with Crippen LogP contribution in [0, 0.1) is 0 Å². The van der Waals surface area contributed by atoms with Gasteiger partial charge in [0.25, 0.3) is 0 Å². The van der Waals surface area contributed by atoms with Gasteiger partial charge in [0.2, 0.25) is 0 Å². The van der Waals surface area contributed by atoms with E-state index < -0.39 is 0 Å². The normalized spacial score (nSPS) is 20.3. The molecule has 2 rings (SSSR count). The van der Waals surface area contributed by atoms with Crippen molar-refractivity contribution in [3.63, 3.8) is 0 Å². The number of ether oxygens (including phenoxy) is 2. The number of aromatic nitrogens is 2. The second-order valence-electron chi connectivity index (χ2n) is 5.71. The summed E-state index contributed by atoms with van der Waals surface area (Å²) in [4.78, 5) is 9.19. The Balaban J connectivity index is 2.33. The first-order valence-electron chi connectivity index (χ1n) is 6.83. The van der Waals surface area contributed by atoms with E-state index in [0.29, 0.717) is 25.6 Å². The topological polar surface area (TPSA) is 56.3 Å². The fourth-order valence-corrected chi connectivity index (χ4v) is 1.90. The predicted molar refractivity (Wildman–Crippen MR) is 74.4 cm³/mol. The SMILES string of the molecule is CCNc1cc(C(C)(C)C)nc(C2COCCO2)n1. The van der Waals surface area contributed by atoms with E-state index >= 15 is 0 Å². The van der Waals surface area contributed by atoms with E-state index in [-0.39, 0.29) is 11.5 Å². The van der Waals surface area contributed by atoms with Crippen molar-refractivity contribution in [3.8, 4) is 0 Å². The van der Waals surface area contributed by atoms with Gasteiger partial charge >= 0.3 is 0 Å². The molecular weight excluding hydrogens is 242 g/mol. The third kappa shape index (κ3) is 3.64. The van der Waals surface area contributed by atoms with Gasteiger partial charge in [-0.25, -0.2) is 9.97 Å². The van der Waals surface area contributed by atoms with Crippen LogP contribution in [-0.2, 0) is 14.9 Å². The first-order valence-corrected chi connectivity index (χ1v) is 6.83. The molecule has 1 saturated heterocycles. The molecule has 5 heteroatoms. The van der Waals surface area contributed by atoms with E-state index in [1.54, 1.807) is 0 Å². The molecule has 106 valence electrons. The Morgan fingerprint density at radius 3 is 2.68 bits per heavy atom. The second kappa shape index (κ2) is 5.84. The summed E-state index contributed by atoms with van der Waals surface area (Å²) in [6.07, 6.45) is -0.159. The fraction of sp³-hybridized carbons (Fsp3) is 0.714. The van der Waals surface area contributed by atoms with Gasteiger partial charge in [0.1, 0.15) is 11.9 Å². The summed E-state index contributed by atoms with van der Waals surface area (Å²) in [7, 11) is 0. The van der Waals surface area contributed by atoms with Crippen LogP contribution in [0.5, 0.6) is 0 Å². The molecule has 0 radical (unpaired) electrons. The van der Waals surface area contributed by atoms with Crippen LogP contribution in [0.25, 0.3) is 0 Å². The average molecular weight is 265 g/mol. The molecule has 0 bridgehead atoms. The molecule has 0 amide bonds. The van der Waals surface area contributed by atoms with E-state index in [1.165, 1.54) is 0 Å². The van der Waals surface area contributed by atoms with Crippen molar-refractivity contribution in [1.82, 2.24) is 9.97 Å². The molecule has 0 aromatic carbocycles. The molecular formula is C14H23N3O2. The van der Waals surface area contributed by atoms with Gasteiger partial charge in [0.15, 0.2) is 5.82 Å². The van der Waals surface area contributed by atoms with Crippen LogP contribution in [0.2, 0.25) is 0 Å². The number of rotatable bonds is 3. The molecule has 1 aromatic heterocycles. The van der Waals surface area contributed by atoms with Crippen molar-refractivity contribution in [2.24, 2.45) is 0 Å². The monoisotopic (exact) mass is 265 g/mol. The zero-order valence-corrected chi connectivity index (χ0v) is 12.2. The molecule has 1 aliphatic rings. The summed E-state index contributed by atoms with van der Waals surface area (Å²) >= 11 is 0. The molecule has 1 fully saturated rings. The highest BCUT2D eigenvalue weighted by molar-refractivity contribution is 5.38. The maximum atomic E-state index is 5.69. The van der Waals surface area contributed by atoms with Gasteiger partial charge in [-0.3, -0.25) is 0 Å². The highest BCUT2D eigenvalue weighted by Crippen LogP contribution is 2.25. The van der Waals surface area contributed by atoms with Gasteiger partial charge in [-0.1, -0.05) is 20.8 Å². The first kappa shape index (κ1) is 14.2. The lowest BCUT2D eigenvalue weighted by atomic mass is 9.92. The molecule has 0 aliphatic carbocycles. The minimum absolute atomic E-state index is 0.0165. The van der Waals surface area contributed by atoms with Crippen molar-refractivity contribution >= 4 is 5.82 Å². The maximum Gasteiger partial charge on any atom is 0.162 e. The lowest BCUT2D eigenvalue weighted by molar-refractivity contribution is -0.0935. The third-order valence-corrected chi connectivity index (χ3v) is 2.97. The van der Waals surface area contributed by atoms with Gasteiger partial charge in [-0.15, -0.1) is 0 Å². The molecule has 1 N–H and O–H groups in total. The molecule has 1 atom stereocenters. The Bertz CT molecular complexity index is 423. The van der Waals surface area contributed by atoms with Crippen molar-refractivity contribution in [3.05, 3.63) is 17.6 Å². The van der Waals surface area contributed by atoms with Gasteiger partial charge in [0.05, 0.1) is 25.5 Å². The summed E-state index contributed by atoms with van der Waals surface area (Å²) in [5.74, 6) is 1.56.